The summed E-state index contributed by atoms with van der Waals surface area (Å²) in [6.45, 7) is 0. The van der Waals surface area contributed by atoms with Crippen LogP contribution in [0.3, 0.4) is 0 Å². The van der Waals surface area contributed by atoms with Gasteiger partial charge in [-0.15, -0.1) is 0 Å². The van der Waals surface area contributed by atoms with E-state index in [1.165, 1.54) is 18.6 Å². The van der Waals surface area contributed by atoms with Crippen LogP contribution in [0.1, 0.15) is 10.4 Å². The lowest BCUT2D eigenvalue weighted by Crippen LogP contribution is -2.13. The molecule has 6 heteroatoms. The molecule has 2 heterocycles. The van der Waals surface area contributed by atoms with E-state index in [0.717, 1.165) is 0 Å². The van der Waals surface area contributed by atoms with Gasteiger partial charge >= 0.3 is 0 Å². The third-order valence-electron chi connectivity index (χ3n) is 1.79. The maximum atomic E-state index is 11.6. The topological polar surface area (TPSA) is 67.8 Å². The van der Waals surface area contributed by atoms with E-state index in [1.54, 1.807) is 18.3 Å². The number of anilines is 1. The Bertz CT molecular complexity index is 486. The van der Waals surface area contributed by atoms with Gasteiger partial charge in [-0.25, -0.2) is 9.97 Å². The fourth-order valence-electron chi connectivity index (χ4n) is 1.06. The molecule has 0 aromatic carbocycles. The second-order valence-electron chi connectivity index (χ2n) is 2.92. The Balaban J connectivity index is 2.11. The first kappa shape index (κ1) is 10.5. The van der Waals surface area contributed by atoms with Gasteiger partial charge in [-0.2, -0.15) is 0 Å². The molecule has 0 radical (unpaired) electrons. The molecule has 5 nitrogen and oxygen atoms in total. The lowest BCUT2D eigenvalue weighted by Gasteiger charge is -2.02. The van der Waals surface area contributed by atoms with E-state index in [-0.39, 0.29) is 11.1 Å². The van der Waals surface area contributed by atoms with Crippen LogP contribution in [0.15, 0.2) is 36.9 Å². The predicted molar refractivity (Wildman–Crippen MR) is 59.2 cm³/mol. The van der Waals surface area contributed by atoms with Gasteiger partial charge in [0, 0.05) is 12.4 Å². The van der Waals surface area contributed by atoms with E-state index >= 15 is 0 Å². The van der Waals surface area contributed by atoms with Crippen molar-refractivity contribution in [1.29, 1.82) is 0 Å². The molecule has 0 saturated carbocycles. The molecule has 0 fully saturated rings. The molecular formula is C10H7ClN4O. The quantitative estimate of drug-likeness (QED) is 0.860. The molecule has 0 saturated heterocycles. The molecule has 2 aromatic heterocycles. The van der Waals surface area contributed by atoms with Crippen molar-refractivity contribution >= 4 is 23.3 Å². The molecule has 0 aliphatic rings. The van der Waals surface area contributed by atoms with E-state index in [2.05, 4.69) is 20.3 Å². The Morgan fingerprint density at radius 1 is 1.25 bits per heavy atom. The lowest BCUT2D eigenvalue weighted by atomic mass is 10.3. The molecule has 0 bridgehead atoms. The molecule has 1 amide bonds. The highest BCUT2D eigenvalue weighted by Crippen LogP contribution is 2.07. The number of halogens is 1. The monoisotopic (exact) mass is 234 g/mol. The second-order valence-corrected chi connectivity index (χ2v) is 3.31. The number of rotatable bonds is 2. The standard InChI is InChI=1S/C10H7ClN4O/c11-8-5-14-9(6-13-8)15-10(16)7-2-1-3-12-4-7/h1-6H,(H,14,15,16). The molecule has 2 aromatic rings. The smallest absolute Gasteiger partial charge is 0.258 e. The molecule has 0 spiro atoms. The van der Waals surface area contributed by atoms with Crippen molar-refractivity contribution in [3.05, 3.63) is 47.6 Å². The fraction of sp³-hybridized carbons (Fsp3) is 0. The van der Waals surface area contributed by atoms with Gasteiger partial charge < -0.3 is 5.32 Å². The van der Waals surface area contributed by atoms with Crippen LogP contribution < -0.4 is 5.32 Å². The van der Waals surface area contributed by atoms with Crippen molar-refractivity contribution in [1.82, 2.24) is 15.0 Å². The minimum Gasteiger partial charge on any atom is -0.305 e. The number of nitrogens with one attached hydrogen (secondary N) is 1. The molecule has 2 rings (SSSR count). The van der Waals surface area contributed by atoms with Crippen molar-refractivity contribution in [3.63, 3.8) is 0 Å². The first-order chi connectivity index (χ1) is 7.75. The van der Waals surface area contributed by atoms with Crippen LogP contribution in [0, 0.1) is 0 Å². The Morgan fingerprint density at radius 2 is 2.12 bits per heavy atom. The van der Waals surface area contributed by atoms with E-state index in [1.807, 2.05) is 0 Å². The van der Waals surface area contributed by atoms with Crippen molar-refractivity contribution in [2.45, 2.75) is 0 Å². The van der Waals surface area contributed by atoms with Gasteiger partial charge in [0.05, 0.1) is 18.0 Å². The Morgan fingerprint density at radius 3 is 2.75 bits per heavy atom. The van der Waals surface area contributed by atoms with Crippen LogP contribution in [-0.2, 0) is 0 Å². The summed E-state index contributed by atoms with van der Waals surface area (Å²) in [7, 11) is 0. The molecule has 80 valence electrons. The molecule has 16 heavy (non-hydrogen) atoms. The number of nitrogens with zero attached hydrogens (tertiary/aromatic N) is 3. The largest absolute Gasteiger partial charge is 0.305 e. The number of hydrogen-bond donors (Lipinski definition) is 1. The molecule has 0 aliphatic carbocycles. The summed E-state index contributed by atoms with van der Waals surface area (Å²) in [5.41, 5.74) is 0.458. The van der Waals surface area contributed by atoms with Crippen LogP contribution in [0.4, 0.5) is 5.82 Å². The first-order valence-corrected chi connectivity index (χ1v) is 4.82. The predicted octanol–water partition coefficient (Wildman–Crippen LogP) is 1.78. The molecule has 0 atom stereocenters. The van der Waals surface area contributed by atoms with Crippen molar-refractivity contribution in [3.8, 4) is 0 Å². The van der Waals surface area contributed by atoms with Crippen LogP contribution in [-0.4, -0.2) is 20.9 Å². The Labute approximate surface area is 96.5 Å². The maximum Gasteiger partial charge on any atom is 0.258 e. The molecule has 0 unspecified atom stereocenters. The SMILES string of the molecule is O=C(Nc1cnc(Cl)cn1)c1cccnc1. The number of aromatic nitrogens is 3. The summed E-state index contributed by atoms with van der Waals surface area (Å²) in [6, 6.07) is 3.34. The summed E-state index contributed by atoms with van der Waals surface area (Å²) in [4.78, 5) is 23.2. The van der Waals surface area contributed by atoms with Crippen molar-refractivity contribution in [2.75, 3.05) is 5.32 Å². The van der Waals surface area contributed by atoms with Gasteiger partial charge in [-0.3, -0.25) is 9.78 Å². The van der Waals surface area contributed by atoms with Gasteiger partial charge in [0.2, 0.25) is 0 Å². The van der Waals surface area contributed by atoms with Gasteiger partial charge in [-0.1, -0.05) is 11.6 Å². The van der Waals surface area contributed by atoms with E-state index in [9.17, 15) is 4.79 Å². The summed E-state index contributed by atoms with van der Waals surface area (Å²) >= 11 is 5.57. The summed E-state index contributed by atoms with van der Waals surface area (Å²) < 4.78 is 0. The normalized spacial score (nSPS) is 9.81. The number of amides is 1. The minimum absolute atomic E-state index is 0.277. The lowest BCUT2D eigenvalue weighted by molar-refractivity contribution is 0.102. The number of hydrogen-bond acceptors (Lipinski definition) is 4. The van der Waals surface area contributed by atoms with E-state index in [0.29, 0.717) is 11.4 Å². The Kier molecular flexibility index (Phi) is 3.07. The van der Waals surface area contributed by atoms with Crippen molar-refractivity contribution < 1.29 is 4.79 Å². The molecule has 0 aliphatic heterocycles. The highest BCUT2D eigenvalue weighted by molar-refractivity contribution is 6.29. The van der Waals surface area contributed by atoms with Gasteiger partial charge in [0.15, 0.2) is 5.82 Å². The average Bonchev–Trinajstić information content (AvgIpc) is 2.33. The summed E-state index contributed by atoms with van der Waals surface area (Å²) in [6.07, 6.45) is 5.81. The zero-order valence-corrected chi connectivity index (χ0v) is 8.85. The van der Waals surface area contributed by atoms with Crippen LogP contribution >= 0.6 is 11.6 Å². The van der Waals surface area contributed by atoms with Gasteiger partial charge in [-0.05, 0) is 12.1 Å². The minimum atomic E-state index is -0.287. The first-order valence-electron chi connectivity index (χ1n) is 4.44. The van der Waals surface area contributed by atoms with Crippen LogP contribution in [0.2, 0.25) is 5.15 Å². The third-order valence-corrected chi connectivity index (χ3v) is 1.98. The maximum absolute atomic E-state index is 11.6. The van der Waals surface area contributed by atoms with Gasteiger partial charge in [0.25, 0.3) is 5.91 Å². The number of pyridine rings is 1. The van der Waals surface area contributed by atoms with E-state index in [4.69, 9.17) is 11.6 Å². The third kappa shape index (κ3) is 2.52. The van der Waals surface area contributed by atoms with Crippen LogP contribution in [0.25, 0.3) is 0 Å². The summed E-state index contributed by atoms with van der Waals surface area (Å²) in [5, 5.41) is 2.85. The van der Waals surface area contributed by atoms with Gasteiger partial charge in [0.1, 0.15) is 5.15 Å². The second kappa shape index (κ2) is 4.67. The molecule has 1 N–H and O–H groups in total. The average molecular weight is 235 g/mol. The zero-order valence-electron chi connectivity index (χ0n) is 8.09. The fourth-order valence-corrected chi connectivity index (χ4v) is 1.16. The highest BCUT2D eigenvalue weighted by Gasteiger charge is 2.06. The molecular weight excluding hydrogens is 228 g/mol. The zero-order chi connectivity index (χ0) is 11.4. The highest BCUT2D eigenvalue weighted by atomic mass is 35.5. The van der Waals surface area contributed by atoms with E-state index < -0.39 is 0 Å². The van der Waals surface area contributed by atoms with Crippen molar-refractivity contribution in [2.24, 2.45) is 0 Å². The van der Waals surface area contributed by atoms with Crippen LogP contribution in [0.5, 0.6) is 0 Å². The Hall–Kier alpha value is -2.01. The summed E-state index contributed by atoms with van der Waals surface area (Å²) in [5.74, 6) is 0.0583. The number of carbonyl (C=O) groups excluding carboxylic acids is 1. The number of carbonyl (C=O) groups is 1.